The van der Waals surface area contributed by atoms with Crippen molar-refractivity contribution in [2.75, 3.05) is 5.43 Å². The van der Waals surface area contributed by atoms with E-state index < -0.39 is 0 Å². The third kappa shape index (κ3) is 0.608. The van der Waals surface area contributed by atoms with Crippen molar-refractivity contribution in [1.29, 1.82) is 0 Å². The normalized spacial score (nSPS) is 14.4. The molecular weight excluding hydrogens is 132 g/mol. The van der Waals surface area contributed by atoms with Crippen molar-refractivity contribution in [2.24, 2.45) is 0 Å². The first-order valence-electron chi connectivity index (χ1n) is 2.93. The maximum absolute atomic E-state index is 10.9. The summed E-state index contributed by atoms with van der Waals surface area (Å²) in [6, 6.07) is 0. The first-order chi connectivity index (χ1) is 4.88. The Morgan fingerprint density at radius 2 is 2.50 bits per heavy atom. The van der Waals surface area contributed by atoms with Crippen molar-refractivity contribution in [3.05, 3.63) is 22.4 Å². The van der Waals surface area contributed by atoms with E-state index >= 15 is 0 Å². The van der Waals surface area contributed by atoms with Gasteiger partial charge < -0.3 is 10.4 Å². The summed E-state index contributed by atoms with van der Waals surface area (Å²) < 4.78 is 0. The Hall–Kier alpha value is -1.36. The standard InChI is InChI=1S/C5H6N4O/c10-5-4-3(1-8-9-4)6-2-7-5/h2,8-9H,1H2,(H,6,7,10). The van der Waals surface area contributed by atoms with Gasteiger partial charge in [0.1, 0.15) is 5.69 Å². The summed E-state index contributed by atoms with van der Waals surface area (Å²) in [4.78, 5) is 17.3. The molecule has 2 rings (SSSR count). The predicted octanol–water partition coefficient (Wildman–Crippen LogP) is -0.800. The van der Waals surface area contributed by atoms with Crippen molar-refractivity contribution >= 4 is 5.69 Å². The van der Waals surface area contributed by atoms with E-state index in [2.05, 4.69) is 20.8 Å². The van der Waals surface area contributed by atoms with Gasteiger partial charge in [-0.25, -0.2) is 10.4 Å². The van der Waals surface area contributed by atoms with Crippen molar-refractivity contribution < 1.29 is 0 Å². The number of anilines is 1. The highest BCUT2D eigenvalue weighted by atomic mass is 16.1. The largest absolute Gasteiger partial charge is 0.315 e. The third-order valence-electron chi connectivity index (χ3n) is 1.40. The van der Waals surface area contributed by atoms with E-state index in [4.69, 9.17) is 0 Å². The van der Waals surface area contributed by atoms with Crippen LogP contribution < -0.4 is 16.4 Å². The summed E-state index contributed by atoms with van der Waals surface area (Å²) in [7, 11) is 0. The minimum absolute atomic E-state index is 0.130. The molecule has 5 heteroatoms. The van der Waals surface area contributed by atoms with Crippen molar-refractivity contribution in [3.8, 4) is 0 Å². The molecule has 1 aromatic heterocycles. The Labute approximate surface area is 56.5 Å². The number of hydrogen-bond acceptors (Lipinski definition) is 4. The number of hydrogen-bond donors (Lipinski definition) is 3. The second kappa shape index (κ2) is 1.81. The number of fused-ring (bicyclic) bond motifs is 1. The third-order valence-corrected chi connectivity index (χ3v) is 1.40. The number of aromatic amines is 1. The molecule has 10 heavy (non-hydrogen) atoms. The van der Waals surface area contributed by atoms with Crippen LogP contribution in [0.2, 0.25) is 0 Å². The fourth-order valence-corrected chi connectivity index (χ4v) is 0.916. The predicted molar refractivity (Wildman–Crippen MR) is 35.3 cm³/mol. The summed E-state index contributed by atoms with van der Waals surface area (Å²) in [6.07, 6.45) is 1.40. The number of rotatable bonds is 0. The maximum atomic E-state index is 10.9. The first kappa shape index (κ1) is 5.43. The molecule has 1 aromatic rings. The highest BCUT2D eigenvalue weighted by Gasteiger charge is 2.12. The monoisotopic (exact) mass is 138 g/mol. The Kier molecular flexibility index (Phi) is 0.983. The first-order valence-corrected chi connectivity index (χ1v) is 2.93. The fourth-order valence-electron chi connectivity index (χ4n) is 0.916. The molecule has 2 heterocycles. The van der Waals surface area contributed by atoms with Gasteiger partial charge in [-0.1, -0.05) is 0 Å². The molecule has 1 aliphatic rings. The van der Waals surface area contributed by atoms with Crippen LogP contribution in [0.4, 0.5) is 5.69 Å². The van der Waals surface area contributed by atoms with Gasteiger partial charge in [0.15, 0.2) is 0 Å². The SMILES string of the molecule is O=c1[nH]cnc2c1NNC2. The zero-order valence-corrected chi connectivity index (χ0v) is 5.14. The molecule has 0 fully saturated rings. The molecular formula is C5H6N4O. The summed E-state index contributed by atoms with van der Waals surface area (Å²) in [5.74, 6) is 0. The van der Waals surface area contributed by atoms with E-state index in [1.165, 1.54) is 6.33 Å². The molecule has 0 amide bonds. The fraction of sp³-hybridized carbons (Fsp3) is 0.200. The molecule has 3 N–H and O–H groups in total. The van der Waals surface area contributed by atoms with E-state index in [-0.39, 0.29) is 5.56 Å². The molecule has 1 aliphatic heterocycles. The van der Waals surface area contributed by atoms with Crippen molar-refractivity contribution in [1.82, 2.24) is 15.4 Å². The zero-order chi connectivity index (χ0) is 6.97. The molecule has 52 valence electrons. The average Bonchev–Trinajstić information content (AvgIpc) is 2.36. The number of nitrogens with one attached hydrogen (secondary N) is 3. The number of nitrogens with zero attached hydrogens (tertiary/aromatic N) is 1. The van der Waals surface area contributed by atoms with Gasteiger partial charge in [0.05, 0.1) is 18.6 Å². The molecule has 0 saturated carbocycles. The van der Waals surface area contributed by atoms with Crippen LogP contribution in [0.5, 0.6) is 0 Å². The quantitative estimate of drug-likeness (QED) is 0.439. The second-order valence-electron chi connectivity index (χ2n) is 2.03. The van der Waals surface area contributed by atoms with Gasteiger partial charge in [0, 0.05) is 0 Å². The average molecular weight is 138 g/mol. The topological polar surface area (TPSA) is 69.8 Å². The van der Waals surface area contributed by atoms with E-state index in [1.54, 1.807) is 0 Å². The molecule has 0 spiro atoms. The van der Waals surface area contributed by atoms with Crippen LogP contribution in [0.15, 0.2) is 11.1 Å². The molecule has 0 unspecified atom stereocenters. The smallest absolute Gasteiger partial charge is 0.275 e. The summed E-state index contributed by atoms with van der Waals surface area (Å²) in [5, 5.41) is 0. The van der Waals surface area contributed by atoms with E-state index in [0.717, 1.165) is 5.69 Å². The van der Waals surface area contributed by atoms with Crippen LogP contribution in [0.3, 0.4) is 0 Å². The van der Waals surface area contributed by atoms with Crippen LogP contribution in [0.25, 0.3) is 0 Å². The zero-order valence-electron chi connectivity index (χ0n) is 5.14. The van der Waals surface area contributed by atoms with Gasteiger partial charge in [0.25, 0.3) is 5.56 Å². The minimum Gasteiger partial charge on any atom is -0.315 e. The summed E-state index contributed by atoms with van der Waals surface area (Å²) in [6.45, 7) is 0.610. The lowest BCUT2D eigenvalue weighted by atomic mass is 10.4. The summed E-state index contributed by atoms with van der Waals surface area (Å²) >= 11 is 0. The molecule has 5 nitrogen and oxygen atoms in total. The van der Waals surface area contributed by atoms with E-state index in [1.807, 2.05) is 0 Å². The van der Waals surface area contributed by atoms with Crippen LogP contribution in [-0.2, 0) is 6.54 Å². The van der Waals surface area contributed by atoms with Crippen LogP contribution in [-0.4, -0.2) is 9.97 Å². The van der Waals surface area contributed by atoms with Gasteiger partial charge in [-0.05, 0) is 0 Å². The van der Waals surface area contributed by atoms with Gasteiger partial charge in [0.2, 0.25) is 0 Å². The van der Waals surface area contributed by atoms with Crippen LogP contribution >= 0.6 is 0 Å². The number of hydrazine groups is 1. The van der Waals surface area contributed by atoms with Gasteiger partial charge >= 0.3 is 0 Å². The molecule has 0 aliphatic carbocycles. The van der Waals surface area contributed by atoms with Crippen molar-refractivity contribution in [2.45, 2.75) is 6.54 Å². The Balaban J connectivity index is 2.70. The Morgan fingerprint density at radius 3 is 3.30 bits per heavy atom. The van der Waals surface area contributed by atoms with Gasteiger partial charge in [-0.3, -0.25) is 4.79 Å². The lowest BCUT2D eigenvalue weighted by Crippen LogP contribution is -2.16. The molecule has 0 bridgehead atoms. The number of aromatic nitrogens is 2. The Bertz CT molecular complexity index is 305. The van der Waals surface area contributed by atoms with Crippen LogP contribution in [0, 0.1) is 0 Å². The minimum atomic E-state index is -0.130. The highest BCUT2D eigenvalue weighted by Crippen LogP contribution is 2.08. The summed E-state index contributed by atoms with van der Waals surface area (Å²) in [5.41, 5.74) is 6.68. The van der Waals surface area contributed by atoms with Crippen molar-refractivity contribution in [3.63, 3.8) is 0 Å². The van der Waals surface area contributed by atoms with Crippen LogP contribution in [0.1, 0.15) is 5.69 Å². The van der Waals surface area contributed by atoms with E-state index in [9.17, 15) is 4.79 Å². The number of H-pyrrole nitrogens is 1. The maximum Gasteiger partial charge on any atom is 0.275 e. The Morgan fingerprint density at radius 1 is 1.60 bits per heavy atom. The molecule has 0 aromatic carbocycles. The lowest BCUT2D eigenvalue weighted by Gasteiger charge is -1.91. The van der Waals surface area contributed by atoms with Gasteiger partial charge in [-0.15, -0.1) is 0 Å². The highest BCUT2D eigenvalue weighted by molar-refractivity contribution is 5.47. The molecule has 0 saturated heterocycles. The lowest BCUT2D eigenvalue weighted by molar-refractivity contribution is 0.839. The second-order valence-corrected chi connectivity index (χ2v) is 2.03. The molecule has 0 atom stereocenters. The van der Waals surface area contributed by atoms with Gasteiger partial charge in [-0.2, -0.15) is 0 Å². The van der Waals surface area contributed by atoms with E-state index in [0.29, 0.717) is 12.2 Å². The molecule has 0 radical (unpaired) electrons.